The van der Waals surface area contributed by atoms with Crippen LogP contribution in [0, 0.1) is 17.6 Å². The molecule has 4 nitrogen and oxygen atoms in total. The van der Waals surface area contributed by atoms with Crippen molar-refractivity contribution >= 4 is 15.7 Å². The number of rotatable bonds is 9. The molecule has 0 bridgehead atoms. The van der Waals surface area contributed by atoms with Gasteiger partial charge in [-0.1, -0.05) is 38.1 Å². The van der Waals surface area contributed by atoms with Crippen LogP contribution in [0.3, 0.4) is 0 Å². The van der Waals surface area contributed by atoms with Crippen LogP contribution in [0.25, 0.3) is 0 Å². The molecular weight excluding hydrogens is 396 g/mol. The first-order valence-electron chi connectivity index (χ1n) is 9.60. The van der Waals surface area contributed by atoms with E-state index in [1.165, 1.54) is 24.3 Å². The van der Waals surface area contributed by atoms with Gasteiger partial charge in [-0.25, -0.2) is 17.2 Å². The fourth-order valence-electron chi connectivity index (χ4n) is 3.12. The van der Waals surface area contributed by atoms with Crippen molar-refractivity contribution in [3.63, 3.8) is 0 Å². The minimum Gasteiger partial charge on any atom is -0.353 e. The average molecular weight is 424 g/mol. The molecule has 0 unspecified atom stereocenters. The molecule has 1 N–H and O–H groups in total. The highest BCUT2D eigenvalue weighted by Crippen LogP contribution is 2.31. The molecule has 0 radical (unpaired) electrons. The van der Waals surface area contributed by atoms with E-state index < -0.39 is 38.4 Å². The lowest BCUT2D eigenvalue weighted by molar-refractivity contribution is -0.119. The Morgan fingerprint density at radius 2 is 1.31 bits per heavy atom. The predicted molar refractivity (Wildman–Crippen MR) is 110 cm³/mol. The topological polar surface area (TPSA) is 63.2 Å². The molecule has 0 aliphatic rings. The van der Waals surface area contributed by atoms with Gasteiger partial charge in [0.05, 0.1) is 0 Å². The van der Waals surface area contributed by atoms with Crippen LogP contribution >= 0.6 is 0 Å². The summed E-state index contributed by atoms with van der Waals surface area (Å²) in [5.74, 6) is -1.81. The van der Waals surface area contributed by atoms with Gasteiger partial charge in [0.25, 0.3) is 0 Å². The van der Waals surface area contributed by atoms with Gasteiger partial charge in [-0.3, -0.25) is 4.79 Å². The van der Waals surface area contributed by atoms with Crippen molar-refractivity contribution < 1.29 is 22.0 Å². The normalized spacial score (nSPS) is 12.9. The molecule has 0 aromatic heterocycles. The standard InChI is InChI=1S/C22H27F2NO3S/c1-15(2)4-5-16(3)25-21(26)14-29(27,28)22(17-6-10-19(23)11-7-17)18-8-12-20(24)13-9-18/h6-13,15-16,22H,4-5,14H2,1-3H3,(H,25,26)/t16-/m1/s1. The van der Waals surface area contributed by atoms with Crippen LogP contribution in [0.1, 0.15) is 50.0 Å². The molecule has 0 saturated carbocycles. The zero-order valence-electron chi connectivity index (χ0n) is 16.9. The van der Waals surface area contributed by atoms with E-state index in [9.17, 15) is 22.0 Å². The Bertz CT molecular complexity index is 865. The molecule has 2 aromatic carbocycles. The summed E-state index contributed by atoms with van der Waals surface area (Å²) in [5, 5.41) is 1.54. The Labute approximate surface area is 171 Å². The number of sulfone groups is 1. The van der Waals surface area contributed by atoms with Gasteiger partial charge in [-0.2, -0.15) is 0 Å². The van der Waals surface area contributed by atoms with E-state index in [-0.39, 0.29) is 6.04 Å². The van der Waals surface area contributed by atoms with Crippen LogP contribution < -0.4 is 5.32 Å². The monoisotopic (exact) mass is 423 g/mol. The molecule has 158 valence electrons. The Balaban J connectivity index is 2.25. The van der Waals surface area contributed by atoms with Gasteiger partial charge in [-0.15, -0.1) is 0 Å². The number of hydrogen-bond acceptors (Lipinski definition) is 3. The van der Waals surface area contributed by atoms with E-state index in [1.54, 1.807) is 0 Å². The quantitative estimate of drug-likeness (QED) is 0.650. The molecule has 1 amide bonds. The number of hydrogen-bond donors (Lipinski definition) is 1. The highest BCUT2D eigenvalue weighted by molar-refractivity contribution is 7.92. The van der Waals surface area contributed by atoms with Crippen molar-refractivity contribution in [3.05, 3.63) is 71.3 Å². The predicted octanol–water partition coefficient (Wildman–Crippen LogP) is 4.41. The Morgan fingerprint density at radius 3 is 1.72 bits per heavy atom. The number of benzene rings is 2. The van der Waals surface area contributed by atoms with Crippen LogP contribution in [-0.2, 0) is 14.6 Å². The second-order valence-electron chi connectivity index (χ2n) is 7.73. The second-order valence-corrected chi connectivity index (χ2v) is 9.82. The fraction of sp³-hybridized carbons (Fsp3) is 0.409. The van der Waals surface area contributed by atoms with Gasteiger partial charge < -0.3 is 5.32 Å². The smallest absolute Gasteiger partial charge is 0.235 e. The molecule has 2 aromatic rings. The van der Waals surface area contributed by atoms with E-state index in [4.69, 9.17) is 0 Å². The Morgan fingerprint density at radius 1 is 0.862 bits per heavy atom. The van der Waals surface area contributed by atoms with Crippen LogP contribution in [0.2, 0.25) is 0 Å². The highest BCUT2D eigenvalue weighted by Gasteiger charge is 2.31. The van der Waals surface area contributed by atoms with Crippen LogP contribution in [0.4, 0.5) is 8.78 Å². The molecule has 1 atom stereocenters. The first-order chi connectivity index (χ1) is 13.6. The third-order valence-electron chi connectivity index (χ3n) is 4.62. The summed E-state index contributed by atoms with van der Waals surface area (Å²) in [6, 6.07) is 9.97. The van der Waals surface area contributed by atoms with Crippen LogP contribution in [-0.4, -0.2) is 26.1 Å². The summed E-state index contributed by atoms with van der Waals surface area (Å²) < 4.78 is 52.9. The van der Waals surface area contributed by atoms with E-state index in [0.717, 1.165) is 37.1 Å². The largest absolute Gasteiger partial charge is 0.353 e. The lowest BCUT2D eigenvalue weighted by Gasteiger charge is -2.20. The second kappa shape index (κ2) is 9.96. The van der Waals surface area contributed by atoms with Gasteiger partial charge in [-0.05, 0) is 61.1 Å². The van der Waals surface area contributed by atoms with Crippen LogP contribution in [0.15, 0.2) is 48.5 Å². The number of carbonyl (C=O) groups excluding carboxylic acids is 1. The maximum absolute atomic E-state index is 13.3. The van der Waals surface area contributed by atoms with Crippen molar-refractivity contribution in [2.45, 2.75) is 44.9 Å². The molecule has 7 heteroatoms. The van der Waals surface area contributed by atoms with Crippen molar-refractivity contribution in [1.29, 1.82) is 0 Å². The van der Waals surface area contributed by atoms with Crippen molar-refractivity contribution in [2.75, 3.05) is 5.75 Å². The van der Waals surface area contributed by atoms with E-state index in [0.29, 0.717) is 17.0 Å². The van der Waals surface area contributed by atoms with E-state index in [1.807, 2.05) is 6.92 Å². The summed E-state index contributed by atoms with van der Waals surface area (Å²) in [4.78, 5) is 12.4. The van der Waals surface area contributed by atoms with Gasteiger partial charge in [0.2, 0.25) is 5.91 Å². The molecule has 0 heterocycles. The maximum atomic E-state index is 13.3. The summed E-state index contributed by atoms with van der Waals surface area (Å²) >= 11 is 0. The molecule has 0 saturated heterocycles. The number of nitrogens with one attached hydrogen (secondary N) is 1. The van der Waals surface area contributed by atoms with Crippen LogP contribution in [0.5, 0.6) is 0 Å². The summed E-state index contributed by atoms with van der Waals surface area (Å²) in [6.45, 7) is 5.99. The van der Waals surface area contributed by atoms with Gasteiger partial charge >= 0.3 is 0 Å². The number of amides is 1. The van der Waals surface area contributed by atoms with Gasteiger partial charge in [0, 0.05) is 6.04 Å². The molecule has 0 aliphatic carbocycles. The summed E-state index contributed by atoms with van der Waals surface area (Å²) in [7, 11) is -3.99. The number of halogens is 2. The minimum atomic E-state index is -3.99. The third kappa shape index (κ3) is 6.92. The van der Waals surface area contributed by atoms with Gasteiger partial charge in [0.1, 0.15) is 22.6 Å². The highest BCUT2D eigenvalue weighted by atomic mass is 32.2. The van der Waals surface area contributed by atoms with Crippen molar-refractivity contribution in [1.82, 2.24) is 5.32 Å². The zero-order chi connectivity index (χ0) is 21.6. The molecule has 29 heavy (non-hydrogen) atoms. The average Bonchev–Trinajstić information content (AvgIpc) is 2.62. The third-order valence-corrected chi connectivity index (χ3v) is 6.55. The SMILES string of the molecule is CC(C)CC[C@@H](C)NC(=O)CS(=O)(=O)C(c1ccc(F)cc1)c1ccc(F)cc1. The Hall–Kier alpha value is -2.28. The summed E-state index contributed by atoms with van der Waals surface area (Å²) in [6.07, 6.45) is 1.67. The molecule has 0 spiro atoms. The fourth-order valence-corrected chi connectivity index (χ4v) is 4.88. The van der Waals surface area contributed by atoms with Gasteiger partial charge in [0.15, 0.2) is 9.84 Å². The molecule has 2 rings (SSSR count). The lowest BCUT2D eigenvalue weighted by Crippen LogP contribution is -2.38. The Kier molecular flexibility index (Phi) is 7.90. The van der Waals surface area contributed by atoms with Crippen molar-refractivity contribution in [3.8, 4) is 0 Å². The lowest BCUT2D eigenvalue weighted by atomic mass is 10.0. The minimum absolute atomic E-state index is 0.143. The van der Waals surface area contributed by atoms with E-state index in [2.05, 4.69) is 19.2 Å². The first-order valence-corrected chi connectivity index (χ1v) is 11.3. The van der Waals surface area contributed by atoms with E-state index >= 15 is 0 Å². The maximum Gasteiger partial charge on any atom is 0.235 e. The van der Waals surface area contributed by atoms with Crippen molar-refractivity contribution in [2.24, 2.45) is 5.92 Å². The summed E-state index contributed by atoms with van der Waals surface area (Å²) in [5.41, 5.74) is 0.636. The molecule has 0 fully saturated rings. The number of carbonyl (C=O) groups is 1. The molecule has 0 aliphatic heterocycles. The zero-order valence-corrected chi connectivity index (χ0v) is 17.7. The molecular formula is C22H27F2NO3S. The first kappa shape index (κ1) is 23.0.